The van der Waals surface area contributed by atoms with Crippen LogP contribution in [0.4, 0.5) is 0 Å². The van der Waals surface area contributed by atoms with E-state index in [-0.39, 0.29) is 17.1 Å². The van der Waals surface area contributed by atoms with Crippen molar-refractivity contribution in [1.29, 1.82) is 0 Å². The predicted octanol–water partition coefficient (Wildman–Crippen LogP) is 1.66. The topological polar surface area (TPSA) is 73.9 Å². The minimum atomic E-state index is -0.561. The molecule has 2 rings (SSSR count). The lowest BCUT2D eigenvalue weighted by Gasteiger charge is -2.08. The molecule has 0 saturated carbocycles. The summed E-state index contributed by atoms with van der Waals surface area (Å²) in [4.78, 5) is 23.9. The lowest BCUT2D eigenvalue weighted by Crippen LogP contribution is -2.15. The van der Waals surface area contributed by atoms with E-state index in [1.807, 2.05) is 0 Å². The van der Waals surface area contributed by atoms with Gasteiger partial charge in [-0.1, -0.05) is 0 Å². The maximum atomic E-state index is 12.0. The number of hydrogen-bond acceptors (Lipinski definition) is 5. The highest BCUT2D eigenvalue weighted by molar-refractivity contribution is 6.16. The van der Waals surface area contributed by atoms with Crippen molar-refractivity contribution in [2.75, 3.05) is 21.3 Å². The van der Waals surface area contributed by atoms with Crippen LogP contribution in [-0.2, 0) is 14.3 Å². The number of carbonyl (C=O) groups excluding carboxylic acids is 2. The van der Waals surface area contributed by atoms with Gasteiger partial charge in [-0.15, -0.1) is 0 Å². The van der Waals surface area contributed by atoms with Gasteiger partial charge < -0.3 is 19.5 Å². The smallest absolute Gasteiger partial charge is 0.340 e. The number of methoxy groups -OCH3 is 3. The number of carbonyl (C=O) groups is 2. The first kappa shape index (κ1) is 15.6. The Hall–Kier alpha value is -2.76. The van der Waals surface area contributed by atoms with Gasteiger partial charge in [-0.05, 0) is 25.1 Å². The minimum Gasteiger partial charge on any atom is -0.497 e. The summed E-state index contributed by atoms with van der Waals surface area (Å²) in [7, 11) is 4.35. The van der Waals surface area contributed by atoms with Gasteiger partial charge in [0.15, 0.2) is 0 Å². The van der Waals surface area contributed by atoms with Crippen molar-refractivity contribution < 1.29 is 23.8 Å². The molecule has 1 aromatic rings. The molecule has 0 unspecified atom stereocenters. The standard InChI is InChI=1S/C16H17NO5/c1-9-14(16(19)22-4)12(15(18)17-9)7-10-5-6-11(20-2)8-13(10)21-3/h5-8H,1-4H3,(H,17,18)/b12-7-. The maximum absolute atomic E-state index is 12.0. The highest BCUT2D eigenvalue weighted by Crippen LogP contribution is 2.30. The zero-order valence-corrected chi connectivity index (χ0v) is 12.9. The third kappa shape index (κ3) is 2.81. The largest absolute Gasteiger partial charge is 0.497 e. The Bertz CT molecular complexity index is 688. The Morgan fingerprint density at radius 3 is 2.50 bits per heavy atom. The molecule has 116 valence electrons. The number of rotatable bonds is 4. The Balaban J connectivity index is 2.52. The monoisotopic (exact) mass is 303 g/mol. The lowest BCUT2D eigenvalue weighted by molar-refractivity contribution is -0.136. The minimum absolute atomic E-state index is 0.227. The average molecular weight is 303 g/mol. The molecule has 0 saturated heterocycles. The second kappa shape index (κ2) is 6.34. The van der Waals surface area contributed by atoms with Crippen molar-refractivity contribution in [3.63, 3.8) is 0 Å². The molecule has 0 spiro atoms. The van der Waals surface area contributed by atoms with Crippen LogP contribution in [0, 0.1) is 0 Å². The highest BCUT2D eigenvalue weighted by Gasteiger charge is 2.30. The molecule has 0 bridgehead atoms. The summed E-state index contributed by atoms with van der Waals surface area (Å²) in [6, 6.07) is 5.20. The second-order valence-corrected chi connectivity index (χ2v) is 4.61. The summed E-state index contributed by atoms with van der Waals surface area (Å²) in [5.41, 5.74) is 1.60. The van der Waals surface area contributed by atoms with Gasteiger partial charge in [-0.3, -0.25) is 4.79 Å². The average Bonchev–Trinajstić information content (AvgIpc) is 2.80. The van der Waals surface area contributed by atoms with Crippen molar-refractivity contribution in [1.82, 2.24) is 5.32 Å². The van der Waals surface area contributed by atoms with E-state index in [1.165, 1.54) is 14.2 Å². The lowest BCUT2D eigenvalue weighted by atomic mass is 10.0. The Kier molecular flexibility index (Phi) is 4.50. The molecular weight excluding hydrogens is 286 g/mol. The van der Waals surface area contributed by atoms with Crippen LogP contribution in [0.15, 0.2) is 35.0 Å². The first-order chi connectivity index (χ1) is 10.5. The van der Waals surface area contributed by atoms with Crippen LogP contribution in [0.5, 0.6) is 11.5 Å². The fraction of sp³-hybridized carbons (Fsp3) is 0.250. The van der Waals surface area contributed by atoms with E-state index in [0.717, 1.165) is 0 Å². The molecular formula is C16H17NO5. The molecule has 0 fully saturated rings. The molecule has 0 aromatic heterocycles. The van der Waals surface area contributed by atoms with Gasteiger partial charge in [0, 0.05) is 17.3 Å². The number of allylic oxidation sites excluding steroid dienone is 1. The van der Waals surface area contributed by atoms with Crippen molar-refractivity contribution in [3.8, 4) is 11.5 Å². The number of hydrogen-bond donors (Lipinski definition) is 1. The number of ether oxygens (including phenoxy) is 3. The molecule has 1 heterocycles. The quantitative estimate of drug-likeness (QED) is 0.676. The van der Waals surface area contributed by atoms with Crippen LogP contribution in [0.25, 0.3) is 6.08 Å². The molecule has 1 amide bonds. The van der Waals surface area contributed by atoms with Crippen LogP contribution in [0.1, 0.15) is 12.5 Å². The van der Waals surface area contributed by atoms with E-state index in [2.05, 4.69) is 5.32 Å². The van der Waals surface area contributed by atoms with Crippen molar-refractivity contribution in [3.05, 3.63) is 40.6 Å². The van der Waals surface area contributed by atoms with Crippen molar-refractivity contribution in [2.45, 2.75) is 6.92 Å². The number of nitrogens with one attached hydrogen (secondary N) is 1. The van der Waals surface area contributed by atoms with Crippen molar-refractivity contribution >= 4 is 18.0 Å². The van der Waals surface area contributed by atoms with Gasteiger partial charge >= 0.3 is 5.97 Å². The van der Waals surface area contributed by atoms with E-state index < -0.39 is 5.97 Å². The highest BCUT2D eigenvalue weighted by atomic mass is 16.5. The van der Waals surface area contributed by atoms with E-state index in [1.54, 1.807) is 38.3 Å². The molecule has 1 aliphatic heterocycles. The first-order valence-electron chi connectivity index (χ1n) is 6.56. The number of benzene rings is 1. The van der Waals surface area contributed by atoms with E-state index in [9.17, 15) is 9.59 Å². The van der Waals surface area contributed by atoms with Crippen LogP contribution in [0.3, 0.4) is 0 Å². The van der Waals surface area contributed by atoms with Crippen LogP contribution in [-0.4, -0.2) is 33.2 Å². The normalized spacial score (nSPS) is 15.8. The Morgan fingerprint density at radius 2 is 1.91 bits per heavy atom. The van der Waals surface area contributed by atoms with E-state index >= 15 is 0 Å². The fourth-order valence-electron chi connectivity index (χ4n) is 2.21. The van der Waals surface area contributed by atoms with E-state index in [4.69, 9.17) is 14.2 Å². The van der Waals surface area contributed by atoms with E-state index in [0.29, 0.717) is 22.8 Å². The summed E-state index contributed by atoms with van der Waals surface area (Å²) in [5, 5.41) is 2.62. The molecule has 1 aliphatic rings. The number of esters is 1. The SMILES string of the molecule is COC(=O)C1=C(C)NC(=O)/C1=C\c1ccc(OC)cc1OC. The molecule has 1 aromatic carbocycles. The van der Waals surface area contributed by atoms with Crippen LogP contribution in [0.2, 0.25) is 0 Å². The van der Waals surface area contributed by atoms with Gasteiger partial charge in [0.1, 0.15) is 11.5 Å². The summed E-state index contributed by atoms with van der Waals surface area (Å²) in [6.45, 7) is 1.65. The molecule has 22 heavy (non-hydrogen) atoms. The maximum Gasteiger partial charge on any atom is 0.340 e. The summed E-state index contributed by atoms with van der Waals surface area (Å²) >= 11 is 0. The Morgan fingerprint density at radius 1 is 1.18 bits per heavy atom. The van der Waals surface area contributed by atoms with Gasteiger partial charge in [0.05, 0.1) is 32.5 Å². The van der Waals surface area contributed by atoms with Crippen molar-refractivity contribution in [2.24, 2.45) is 0 Å². The first-order valence-corrected chi connectivity index (χ1v) is 6.56. The van der Waals surface area contributed by atoms with Gasteiger partial charge in [0.25, 0.3) is 5.91 Å². The molecule has 0 radical (unpaired) electrons. The van der Waals surface area contributed by atoms with Gasteiger partial charge in [0.2, 0.25) is 0 Å². The van der Waals surface area contributed by atoms with Gasteiger partial charge in [-0.2, -0.15) is 0 Å². The fourth-order valence-corrected chi connectivity index (χ4v) is 2.21. The molecule has 6 nitrogen and oxygen atoms in total. The zero-order valence-electron chi connectivity index (χ0n) is 12.9. The molecule has 1 N–H and O–H groups in total. The van der Waals surface area contributed by atoms with Gasteiger partial charge in [-0.25, -0.2) is 4.79 Å². The molecule has 0 atom stereocenters. The molecule has 0 aliphatic carbocycles. The molecule has 6 heteroatoms. The number of amides is 1. The zero-order chi connectivity index (χ0) is 16.3. The Labute approximate surface area is 128 Å². The third-order valence-electron chi connectivity index (χ3n) is 3.32. The second-order valence-electron chi connectivity index (χ2n) is 4.61. The third-order valence-corrected chi connectivity index (χ3v) is 3.32. The van der Waals surface area contributed by atoms with Crippen LogP contribution < -0.4 is 14.8 Å². The summed E-state index contributed by atoms with van der Waals surface area (Å²) < 4.78 is 15.2. The van der Waals surface area contributed by atoms with Crippen LogP contribution >= 0.6 is 0 Å². The predicted molar refractivity (Wildman–Crippen MR) is 80.4 cm³/mol. The summed E-state index contributed by atoms with van der Waals surface area (Å²) in [6.07, 6.45) is 1.59. The summed E-state index contributed by atoms with van der Waals surface area (Å²) in [5.74, 6) is 0.258.